The van der Waals surface area contributed by atoms with Crippen LogP contribution in [-0.4, -0.2) is 61.6 Å². The molecule has 2 aromatic carbocycles. The first kappa shape index (κ1) is 25.7. The van der Waals surface area contributed by atoms with E-state index in [0.29, 0.717) is 36.6 Å². The highest BCUT2D eigenvalue weighted by Crippen LogP contribution is 2.19. The number of carbonyl (C=O) groups excluding carboxylic acids is 2. The van der Waals surface area contributed by atoms with Gasteiger partial charge in [-0.3, -0.25) is 9.59 Å². The molecule has 0 aliphatic carbocycles. The van der Waals surface area contributed by atoms with Crippen LogP contribution in [0.2, 0.25) is 0 Å². The Morgan fingerprint density at radius 1 is 1.23 bits per heavy atom. The summed E-state index contributed by atoms with van der Waals surface area (Å²) in [6.07, 6.45) is -0.363. The fourth-order valence-electron chi connectivity index (χ4n) is 3.41. The molecule has 0 fully saturated rings. The van der Waals surface area contributed by atoms with E-state index in [1.54, 1.807) is 36.4 Å². The van der Waals surface area contributed by atoms with Crippen molar-refractivity contribution in [2.45, 2.75) is 19.4 Å². The maximum atomic E-state index is 12.0. The fourth-order valence-corrected chi connectivity index (χ4v) is 3.41. The summed E-state index contributed by atoms with van der Waals surface area (Å²) in [7, 11) is 0. The number of hydrazone groups is 1. The Morgan fingerprint density at radius 2 is 2.00 bits per heavy atom. The Morgan fingerprint density at radius 3 is 2.74 bits per heavy atom. The minimum Gasteiger partial charge on any atom is -0.489 e. The van der Waals surface area contributed by atoms with Crippen LogP contribution in [0.4, 0.5) is 0 Å². The molecule has 1 aliphatic heterocycles. The number of amides is 2. The second kappa shape index (κ2) is 13.1. The molecule has 2 aromatic rings. The van der Waals surface area contributed by atoms with E-state index in [0.717, 1.165) is 11.3 Å². The molecule has 0 radical (unpaired) electrons. The number of ether oxygens (including phenoxy) is 2. The van der Waals surface area contributed by atoms with Gasteiger partial charge in [0.2, 0.25) is 5.91 Å². The van der Waals surface area contributed by atoms with Gasteiger partial charge in [-0.05, 0) is 42.0 Å². The van der Waals surface area contributed by atoms with E-state index >= 15 is 0 Å². The molecule has 10 nitrogen and oxygen atoms in total. The number of aliphatic hydroxyl groups is 1. The van der Waals surface area contributed by atoms with E-state index in [9.17, 15) is 14.7 Å². The number of rotatable bonds is 12. The van der Waals surface area contributed by atoms with Crippen LogP contribution in [0.15, 0.2) is 53.6 Å². The number of nitrogens with one attached hydrogen (secondary N) is 3. The minimum absolute atomic E-state index is 0.0313. The van der Waals surface area contributed by atoms with Crippen LogP contribution in [0.3, 0.4) is 0 Å². The van der Waals surface area contributed by atoms with Gasteiger partial charge in [-0.2, -0.15) is 10.4 Å². The summed E-state index contributed by atoms with van der Waals surface area (Å²) >= 11 is 0. The van der Waals surface area contributed by atoms with E-state index < -0.39 is 6.10 Å². The molecule has 2 atom stereocenters. The molecule has 2 unspecified atom stereocenters. The first-order valence-corrected chi connectivity index (χ1v) is 11.3. The van der Waals surface area contributed by atoms with Crippen molar-refractivity contribution in [3.05, 3.63) is 59.7 Å². The van der Waals surface area contributed by atoms with Crippen LogP contribution in [0.25, 0.3) is 0 Å². The van der Waals surface area contributed by atoms with Gasteiger partial charge < -0.3 is 25.2 Å². The summed E-state index contributed by atoms with van der Waals surface area (Å²) in [5.41, 5.74) is 4.61. The molecular formula is C25H29N5O5. The Bertz CT molecular complexity index is 1080. The molecule has 0 bridgehead atoms. The van der Waals surface area contributed by atoms with Crippen LogP contribution in [0.1, 0.15) is 24.5 Å². The number of aliphatic hydroxyl groups excluding tert-OH is 1. The number of benzene rings is 2. The third kappa shape index (κ3) is 8.10. The fraction of sp³-hybridized carbons (Fsp3) is 0.360. The van der Waals surface area contributed by atoms with Gasteiger partial charge in [0.15, 0.2) is 6.61 Å². The molecule has 10 heteroatoms. The molecule has 184 valence electrons. The lowest BCUT2D eigenvalue weighted by atomic mass is 9.94. The third-order valence-corrected chi connectivity index (χ3v) is 5.22. The highest BCUT2D eigenvalue weighted by atomic mass is 16.5. The summed E-state index contributed by atoms with van der Waals surface area (Å²) in [5, 5.41) is 29.0. The molecule has 0 aromatic heterocycles. The summed E-state index contributed by atoms with van der Waals surface area (Å²) in [6.45, 7) is 2.98. The Kier molecular flexibility index (Phi) is 9.59. The van der Waals surface area contributed by atoms with Crippen LogP contribution < -0.4 is 25.5 Å². The first-order valence-electron chi connectivity index (χ1n) is 11.3. The molecule has 4 N–H and O–H groups in total. The van der Waals surface area contributed by atoms with Crippen molar-refractivity contribution in [3.8, 4) is 17.6 Å². The van der Waals surface area contributed by atoms with Crippen molar-refractivity contribution in [2.24, 2.45) is 11.0 Å². The third-order valence-electron chi connectivity index (χ3n) is 5.22. The van der Waals surface area contributed by atoms with Crippen molar-refractivity contribution in [1.29, 1.82) is 5.26 Å². The zero-order valence-corrected chi connectivity index (χ0v) is 19.5. The van der Waals surface area contributed by atoms with Crippen LogP contribution in [0.5, 0.6) is 11.5 Å². The first-order chi connectivity index (χ1) is 17.0. The monoisotopic (exact) mass is 479 g/mol. The number of hydrogen-bond donors (Lipinski definition) is 4. The Balaban J connectivity index is 1.28. The molecule has 35 heavy (non-hydrogen) atoms. The Hall–Kier alpha value is -3.94. The Labute approximate surface area is 203 Å². The van der Waals surface area contributed by atoms with E-state index in [4.69, 9.17) is 14.7 Å². The largest absolute Gasteiger partial charge is 0.489 e. The van der Waals surface area contributed by atoms with E-state index in [1.165, 1.54) is 0 Å². The summed E-state index contributed by atoms with van der Waals surface area (Å²) in [6, 6.07) is 16.1. The van der Waals surface area contributed by atoms with E-state index in [1.807, 2.05) is 25.1 Å². The minimum atomic E-state index is -0.761. The lowest BCUT2D eigenvalue weighted by molar-refractivity contribution is -0.123. The van der Waals surface area contributed by atoms with Crippen molar-refractivity contribution in [3.63, 3.8) is 0 Å². The summed E-state index contributed by atoms with van der Waals surface area (Å²) in [4.78, 5) is 23.4. The van der Waals surface area contributed by atoms with E-state index in [2.05, 4.69) is 21.2 Å². The van der Waals surface area contributed by atoms with E-state index in [-0.39, 0.29) is 37.5 Å². The highest BCUT2D eigenvalue weighted by Gasteiger charge is 2.21. The second-order valence-electron chi connectivity index (χ2n) is 8.08. The summed E-state index contributed by atoms with van der Waals surface area (Å²) < 4.78 is 11.0. The predicted octanol–water partition coefficient (Wildman–Crippen LogP) is 0.943. The molecule has 2 amide bonds. The number of carbonyl (C=O) groups is 2. The maximum absolute atomic E-state index is 12.0. The molecule has 1 heterocycles. The van der Waals surface area contributed by atoms with Crippen molar-refractivity contribution in [1.82, 2.24) is 16.1 Å². The number of nitrogens with zero attached hydrogens (tertiary/aromatic N) is 2. The lowest BCUT2D eigenvalue weighted by Crippen LogP contribution is -2.38. The van der Waals surface area contributed by atoms with Gasteiger partial charge in [0.25, 0.3) is 5.91 Å². The van der Waals surface area contributed by atoms with Gasteiger partial charge in [0, 0.05) is 32.0 Å². The van der Waals surface area contributed by atoms with Gasteiger partial charge in [-0.25, -0.2) is 5.43 Å². The van der Waals surface area contributed by atoms with Crippen molar-refractivity contribution in [2.75, 3.05) is 32.8 Å². The van der Waals surface area contributed by atoms with Crippen LogP contribution in [0, 0.1) is 17.2 Å². The normalized spacial score (nSPS) is 15.9. The van der Waals surface area contributed by atoms with Crippen LogP contribution in [-0.2, 0) is 9.59 Å². The molecule has 0 saturated heterocycles. The van der Waals surface area contributed by atoms with Gasteiger partial charge in [-0.15, -0.1) is 0 Å². The average Bonchev–Trinajstić information content (AvgIpc) is 2.86. The molecule has 3 rings (SSSR count). The van der Waals surface area contributed by atoms with Crippen molar-refractivity contribution < 1.29 is 24.2 Å². The van der Waals surface area contributed by atoms with Gasteiger partial charge in [-0.1, -0.05) is 19.1 Å². The summed E-state index contributed by atoms with van der Waals surface area (Å²) in [5.74, 6) is 0.661. The quantitative estimate of drug-likeness (QED) is 0.332. The zero-order chi connectivity index (χ0) is 25.0. The van der Waals surface area contributed by atoms with Gasteiger partial charge >= 0.3 is 0 Å². The smallest absolute Gasteiger partial charge is 0.257 e. The molecular weight excluding hydrogens is 450 g/mol. The second-order valence-corrected chi connectivity index (χ2v) is 8.08. The number of nitriles is 1. The topological polar surface area (TPSA) is 145 Å². The molecule has 0 saturated carbocycles. The number of hydrogen-bond acceptors (Lipinski definition) is 8. The SMILES string of the molecule is CC1CC(=O)NN=C1c1ccc(OCC(=O)NCCNCC(O)COc2ccccc2C#N)cc1. The standard InChI is InChI=1S/C25H29N5O5/c1-17-12-23(32)29-30-25(17)18-6-8-21(9-7-18)34-16-24(33)28-11-10-27-14-20(31)15-35-22-5-3-2-4-19(22)13-26/h2-9,17,20,27,31H,10-12,14-16H2,1H3,(H,28,33)(H,29,32). The van der Waals surface area contributed by atoms with Gasteiger partial charge in [0.05, 0.1) is 11.3 Å². The van der Waals surface area contributed by atoms with Gasteiger partial charge in [0.1, 0.15) is 30.3 Å². The zero-order valence-electron chi connectivity index (χ0n) is 19.5. The maximum Gasteiger partial charge on any atom is 0.257 e. The predicted molar refractivity (Wildman–Crippen MR) is 129 cm³/mol. The number of para-hydroxylation sites is 1. The average molecular weight is 480 g/mol. The molecule has 1 aliphatic rings. The van der Waals surface area contributed by atoms with Crippen LogP contribution >= 0.6 is 0 Å². The molecule has 0 spiro atoms. The van der Waals surface area contributed by atoms with Crippen molar-refractivity contribution >= 4 is 17.5 Å². The highest BCUT2D eigenvalue weighted by molar-refractivity contribution is 6.05. The lowest BCUT2D eigenvalue weighted by Gasteiger charge is -2.19.